The number of nitrogens with one attached hydrogen (secondary N) is 1. The molecular formula is C27H28N4OS. The summed E-state index contributed by atoms with van der Waals surface area (Å²) in [6.07, 6.45) is 2.49. The lowest BCUT2D eigenvalue weighted by Gasteiger charge is -2.28. The molecule has 2 atom stereocenters. The summed E-state index contributed by atoms with van der Waals surface area (Å²) < 4.78 is 2.35. The number of aliphatic hydroxyl groups excluding tert-OH is 1. The number of hydrogen-bond donors (Lipinski definition) is 2. The van der Waals surface area contributed by atoms with Crippen LogP contribution in [0.4, 0.5) is 0 Å². The molecule has 1 fully saturated rings. The molecule has 1 saturated heterocycles. The van der Waals surface area contributed by atoms with Gasteiger partial charge in [-0.2, -0.15) is 0 Å². The molecule has 0 bridgehead atoms. The molecule has 0 amide bonds. The second-order valence-electron chi connectivity index (χ2n) is 8.56. The van der Waals surface area contributed by atoms with Crippen molar-refractivity contribution in [2.45, 2.75) is 32.4 Å². The Kier molecular flexibility index (Phi) is 5.87. The van der Waals surface area contributed by atoms with Crippen LogP contribution < -0.4 is 5.32 Å². The molecule has 0 unspecified atom stereocenters. The number of hydrogen-bond acceptors (Lipinski definition) is 3. The number of aliphatic hydroxyl groups is 1. The Morgan fingerprint density at radius 1 is 1.03 bits per heavy atom. The summed E-state index contributed by atoms with van der Waals surface area (Å²) in [7, 11) is 0. The summed E-state index contributed by atoms with van der Waals surface area (Å²) in [5, 5.41) is 16.2. The van der Waals surface area contributed by atoms with Crippen LogP contribution in [0.3, 0.4) is 0 Å². The largest absolute Gasteiger partial charge is 0.396 e. The van der Waals surface area contributed by atoms with E-state index >= 15 is 0 Å². The normalized spacial score (nSPS) is 18.2. The van der Waals surface area contributed by atoms with Crippen LogP contribution in [0.5, 0.6) is 0 Å². The van der Waals surface area contributed by atoms with Gasteiger partial charge in [-0.25, -0.2) is 0 Å². The van der Waals surface area contributed by atoms with Crippen LogP contribution in [-0.4, -0.2) is 37.8 Å². The molecule has 3 heterocycles. The van der Waals surface area contributed by atoms with Gasteiger partial charge in [0.2, 0.25) is 0 Å². The Balaban J connectivity index is 1.66. The van der Waals surface area contributed by atoms with Crippen LogP contribution in [0, 0.1) is 13.8 Å². The van der Waals surface area contributed by atoms with Crippen molar-refractivity contribution in [3.63, 3.8) is 0 Å². The average molecular weight is 457 g/mol. The highest BCUT2D eigenvalue weighted by molar-refractivity contribution is 7.80. The molecule has 4 aromatic rings. The van der Waals surface area contributed by atoms with Crippen LogP contribution in [-0.2, 0) is 0 Å². The van der Waals surface area contributed by atoms with E-state index in [1.54, 1.807) is 0 Å². The first-order valence-corrected chi connectivity index (χ1v) is 11.8. The molecule has 0 aliphatic carbocycles. The summed E-state index contributed by atoms with van der Waals surface area (Å²) in [6.45, 7) is 5.17. The lowest BCUT2D eigenvalue weighted by molar-refractivity contribution is 0.247. The zero-order chi connectivity index (χ0) is 22.9. The van der Waals surface area contributed by atoms with Gasteiger partial charge in [-0.1, -0.05) is 42.5 Å². The molecule has 168 valence electrons. The zero-order valence-electron chi connectivity index (χ0n) is 18.9. The van der Waals surface area contributed by atoms with Crippen molar-refractivity contribution in [3.05, 3.63) is 95.6 Å². The summed E-state index contributed by atoms with van der Waals surface area (Å²) >= 11 is 5.75. The first-order valence-electron chi connectivity index (χ1n) is 11.4. The number of rotatable bonds is 6. The minimum atomic E-state index is -0.0566. The van der Waals surface area contributed by atoms with Crippen molar-refractivity contribution < 1.29 is 5.11 Å². The second-order valence-corrected chi connectivity index (χ2v) is 8.94. The third kappa shape index (κ3) is 3.79. The molecule has 1 aliphatic rings. The van der Waals surface area contributed by atoms with E-state index in [0.29, 0.717) is 18.1 Å². The van der Waals surface area contributed by atoms with Crippen LogP contribution in [0.2, 0.25) is 0 Å². The van der Waals surface area contributed by atoms with Gasteiger partial charge in [-0.3, -0.25) is 4.98 Å². The predicted molar refractivity (Wildman–Crippen MR) is 137 cm³/mol. The van der Waals surface area contributed by atoms with Gasteiger partial charge in [0.15, 0.2) is 5.11 Å². The van der Waals surface area contributed by atoms with Gasteiger partial charge in [0.1, 0.15) is 0 Å². The molecule has 1 aliphatic heterocycles. The molecular weight excluding hydrogens is 428 g/mol. The van der Waals surface area contributed by atoms with Crippen molar-refractivity contribution in [2.24, 2.45) is 0 Å². The van der Waals surface area contributed by atoms with Crippen molar-refractivity contribution in [3.8, 4) is 5.69 Å². The zero-order valence-corrected chi connectivity index (χ0v) is 19.7. The number of benzene rings is 2. The fourth-order valence-corrected chi connectivity index (χ4v) is 5.42. The van der Waals surface area contributed by atoms with Crippen molar-refractivity contribution in [1.29, 1.82) is 0 Å². The van der Waals surface area contributed by atoms with Gasteiger partial charge in [0.25, 0.3) is 0 Å². The van der Waals surface area contributed by atoms with E-state index < -0.39 is 0 Å². The minimum Gasteiger partial charge on any atom is -0.396 e. The molecule has 6 heteroatoms. The van der Waals surface area contributed by atoms with E-state index in [-0.39, 0.29) is 18.7 Å². The summed E-state index contributed by atoms with van der Waals surface area (Å²) in [6, 6.07) is 23.2. The monoisotopic (exact) mass is 456 g/mol. The highest BCUT2D eigenvalue weighted by Crippen LogP contribution is 2.41. The van der Waals surface area contributed by atoms with E-state index in [1.165, 1.54) is 33.4 Å². The maximum atomic E-state index is 9.50. The van der Waals surface area contributed by atoms with Crippen LogP contribution in [0.15, 0.2) is 72.9 Å². The minimum absolute atomic E-state index is 0.00567. The summed E-state index contributed by atoms with van der Waals surface area (Å²) in [5.74, 6) is 0. The van der Waals surface area contributed by atoms with Crippen molar-refractivity contribution in [1.82, 2.24) is 19.8 Å². The van der Waals surface area contributed by atoms with Gasteiger partial charge in [0, 0.05) is 36.1 Å². The number of thiocarbonyl (C=S) groups is 1. The number of aryl methyl sites for hydroxylation is 1. The van der Waals surface area contributed by atoms with Crippen molar-refractivity contribution >= 4 is 28.1 Å². The highest BCUT2D eigenvalue weighted by Gasteiger charge is 2.41. The SMILES string of the molecule is Cc1cc([C@@H]2[C@H](c3ccccn3)NC(=S)N2CCCO)c(C)n1-c1cccc2ccccc12. The van der Waals surface area contributed by atoms with E-state index in [9.17, 15) is 5.11 Å². The molecule has 2 aromatic carbocycles. The van der Waals surface area contributed by atoms with Gasteiger partial charge in [0.05, 0.1) is 23.5 Å². The average Bonchev–Trinajstić information content (AvgIpc) is 3.32. The topological polar surface area (TPSA) is 53.3 Å². The molecule has 5 nitrogen and oxygen atoms in total. The Bertz CT molecular complexity index is 1290. The van der Waals surface area contributed by atoms with E-state index in [4.69, 9.17) is 12.2 Å². The first kappa shape index (κ1) is 21.6. The second kappa shape index (κ2) is 8.96. The lowest BCUT2D eigenvalue weighted by atomic mass is 9.96. The van der Waals surface area contributed by atoms with Crippen LogP contribution >= 0.6 is 12.2 Å². The Labute approximate surface area is 199 Å². The molecule has 5 rings (SSSR count). The fourth-order valence-electron chi connectivity index (χ4n) is 5.09. The standard InChI is InChI=1S/C27H28N4OS/c1-18-17-22(19(2)31(18)24-13-7-10-20-9-3-4-11-21(20)24)26-25(23-12-5-6-14-28-23)29-27(33)30(26)15-8-16-32/h3-7,9-14,17,25-26,32H,8,15-16H2,1-2H3,(H,29,33)/t25-,26+/m0/s1. The lowest BCUT2D eigenvalue weighted by Crippen LogP contribution is -2.31. The van der Waals surface area contributed by atoms with Gasteiger partial charge < -0.3 is 19.9 Å². The molecule has 33 heavy (non-hydrogen) atoms. The molecule has 0 saturated carbocycles. The Hall–Kier alpha value is -3.22. The molecule has 2 aromatic heterocycles. The molecule has 2 N–H and O–H groups in total. The third-order valence-corrected chi connectivity index (χ3v) is 6.90. The van der Waals surface area contributed by atoms with E-state index in [1.807, 2.05) is 24.4 Å². The van der Waals surface area contributed by atoms with Crippen molar-refractivity contribution in [2.75, 3.05) is 13.2 Å². The Morgan fingerprint density at radius 2 is 1.82 bits per heavy atom. The summed E-state index contributed by atoms with van der Waals surface area (Å²) in [5.41, 5.74) is 5.74. The number of pyridine rings is 1. The first-order chi connectivity index (χ1) is 16.1. The highest BCUT2D eigenvalue weighted by atomic mass is 32.1. The smallest absolute Gasteiger partial charge is 0.170 e. The van der Waals surface area contributed by atoms with Crippen LogP contribution in [0.1, 0.15) is 41.1 Å². The quantitative estimate of drug-likeness (QED) is 0.400. The molecule has 0 radical (unpaired) electrons. The maximum absolute atomic E-state index is 9.50. The van der Waals surface area contributed by atoms with Gasteiger partial charge >= 0.3 is 0 Å². The predicted octanol–water partition coefficient (Wildman–Crippen LogP) is 5.00. The Morgan fingerprint density at radius 3 is 2.61 bits per heavy atom. The van der Waals surface area contributed by atoms with Crippen LogP contribution in [0.25, 0.3) is 16.5 Å². The maximum Gasteiger partial charge on any atom is 0.170 e. The van der Waals surface area contributed by atoms with E-state index in [0.717, 1.165) is 5.69 Å². The number of fused-ring (bicyclic) bond motifs is 1. The third-order valence-electron chi connectivity index (χ3n) is 6.55. The molecule has 0 spiro atoms. The number of nitrogens with zero attached hydrogens (tertiary/aromatic N) is 3. The van der Waals surface area contributed by atoms with Gasteiger partial charge in [-0.15, -0.1) is 0 Å². The van der Waals surface area contributed by atoms with Gasteiger partial charge in [-0.05, 0) is 67.7 Å². The fraction of sp³-hybridized carbons (Fsp3) is 0.259. The summed E-state index contributed by atoms with van der Waals surface area (Å²) in [4.78, 5) is 6.85. The van der Waals surface area contributed by atoms with E-state index in [2.05, 4.69) is 82.1 Å². The number of aromatic nitrogens is 2.